The van der Waals surface area contributed by atoms with Crippen LogP contribution in [0.25, 0.3) is 0 Å². The van der Waals surface area contributed by atoms with E-state index in [-0.39, 0.29) is 28.2 Å². The van der Waals surface area contributed by atoms with Gasteiger partial charge in [-0.1, -0.05) is 17.7 Å². The molecule has 1 fully saturated rings. The highest BCUT2D eigenvalue weighted by atomic mass is 35.5. The van der Waals surface area contributed by atoms with E-state index in [1.54, 1.807) is 0 Å². The van der Waals surface area contributed by atoms with Crippen LogP contribution in [0.15, 0.2) is 34.2 Å². The third kappa shape index (κ3) is 7.05. The number of aromatic nitrogens is 2. The Balaban J connectivity index is 1.48. The number of anilines is 3. The van der Waals surface area contributed by atoms with Gasteiger partial charge in [-0.25, -0.2) is 14.2 Å². The van der Waals surface area contributed by atoms with Crippen molar-refractivity contribution in [1.82, 2.24) is 14.9 Å². The van der Waals surface area contributed by atoms with Crippen LogP contribution in [0.2, 0.25) is 5.02 Å². The van der Waals surface area contributed by atoms with Crippen LogP contribution >= 0.6 is 11.6 Å². The molecule has 3 rings (SSSR count). The highest BCUT2D eigenvalue weighted by molar-refractivity contribution is 6.31. The average molecular weight is 480 g/mol. The van der Waals surface area contributed by atoms with Gasteiger partial charge in [-0.05, 0) is 31.5 Å². The van der Waals surface area contributed by atoms with Crippen molar-refractivity contribution >= 4 is 40.9 Å². The predicted octanol–water partition coefficient (Wildman–Crippen LogP) is 1.38. The molecule has 13 heteroatoms. The normalized spacial score (nSPS) is 14.1. The van der Waals surface area contributed by atoms with Crippen LogP contribution in [0, 0.1) is 5.82 Å². The van der Waals surface area contributed by atoms with Gasteiger partial charge in [0.25, 0.3) is 5.56 Å². The van der Waals surface area contributed by atoms with Gasteiger partial charge in [-0.15, -0.1) is 0 Å². The lowest BCUT2D eigenvalue weighted by molar-refractivity contribution is 0.253. The summed E-state index contributed by atoms with van der Waals surface area (Å²) in [7, 11) is 0. The number of H-pyrrole nitrogens is 1. The van der Waals surface area contributed by atoms with Gasteiger partial charge in [-0.3, -0.25) is 25.0 Å². The highest BCUT2D eigenvalue weighted by Crippen LogP contribution is 2.22. The van der Waals surface area contributed by atoms with Crippen molar-refractivity contribution in [3.05, 3.63) is 45.6 Å². The highest BCUT2D eigenvalue weighted by Gasteiger charge is 2.20. The Hall–Kier alpha value is -3.38. The van der Waals surface area contributed by atoms with E-state index in [2.05, 4.69) is 30.5 Å². The summed E-state index contributed by atoms with van der Waals surface area (Å²) in [6.07, 6.45) is 3.31. The molecule has 1 saturated heterocycles. The first kappa shape index (κ1) is 24.3. The van der Waals surface area contributed by atoms with E-state index in [0.717, 1.165) is 32.5 Å². The number of hydrogen-bond acceptors (Lipinski definition) is 6. The molecular formula is C20H27ClFN9O2. The molecule has 1 aliphatic heterocycles. The van der Waals surface area contributed by atoms with Gasteiger partial charge < -0.3 is 21.7 Å². The molecule has 0 saturated carbocycles. The number of urea groups is 1. The van der Waals surface area contributed by atoms with E-state index < -0.39 is 11.8 Å². The molecule has 0 radical (unpaired) electrons. The van der Waals surface area contributed by atoms with Gasteiger partial charge >= 0.3 is 6.03 Å². The van der Waals surface area contributed by atoms with Gasteiger partial charge in [0, 0.05) is 32.7 Å². The molecule has 11 nitrogen and oxygen atoms in total. The first-order valence-electron chi connectivity index (χ1n) is 10.5. The fourth-order valence-electron chi connectivity index (χ4n) is 3.41. The number of unbranched alkanes of at least 4 members (excludes halogenated alkanes) is 1. The number of hydrogen-bond donors (Lipinski definition) is 5. The molecule has 1 aromatic carbocycles. The first-order valence-corrected chi connectivity index (χ1v) is 10.9. The quantitative estimate of drug-likeness (QED) is 0.217. The number of amides is 2. The number of rotatable bonds is 8. The molecule has 0 aliphatic carbocycles. The van der Waals surface area contributed by atoms with E-state index in [1.165, 1.54) is 24.4 Å². The third-order valence-corrected chi connectivity index (χ3v) is 5.39. The number of carbonyl (C=O) groups is 1. The van der Waals surface area contributed by atoms with Crippen molar-refractivity contribution in [1.29, 1.82) is 0 Å². The van der Waals surface area contributed by atoms with Crippen molar-refractivity contribution in [2.24, 2.45) is 16.5 Å². The van der Waals surface area contributed by atoms with E-state index in [0.29, 0.717) is 25.3 Å². The number of benzene rings is 1. The van der Waals surface area contributed by atoms with E-state index >= 15 is 0 Å². The molecule has 7 N–H and O–H groups in total. The molecule has 2 heterocycles. The van der Waals surface area contributed by atoms with Crippen LogP contribution in [-0.2, 0) is 0 Å². The summed E-state index contributed by atoms with van der Waals surface area (Å²) in [6, 6.07) is 3.47. The number of nitrogens with zero attached hydrogens (tertiary/aromatic N) is 4. The monoisotopic (exact) mass is 479 g/mol. The van der Waals surface area contributed by atoms with Crippen molar-refractivity contribution in [2.45, 2.75) is 12.8 Å². The SMILES string of the molecule is NC(N)=NCCCCN1CCN(c2cnc(NC(=O)Nc3cccc(Cl)c3F)[nH]c2=O)CC1. The minimum atomic E-state index is -0.763. The number of halogens is 2. The number of aromatic amines is 1. The number of nitrogens with two attached hydrogens (primary N) is 2. The summed E-state index contributed by atoms with van der Waals surface area (Å²) in [5.74, 6) is -0.693. The Labute approximate surface area is 195 Å². The summed E-state index contributed by atoms with van der Waals surface area (Å²) in [5.41, 5.74) is 10.6. The number of nitrogens with one attached hydrogen (secondary N) is 3. The maximum atomic E-state index is 13.9. The molecule has 2 aromatic rings. The topological polar surface area (TPSA) is 158 Å². The molecule has 1 aromatic heterocycles. The van der Waals surface area contributed by atoms with Gasteiger partial charge in [0.1, 0.15) is 5.69 Å². The maximum Gasteiger partial charge on any atom is 0.326 e. The zero-order valence-electron chi connectivity index (χ0n) is 18.0. The van der Waals surface area contributed by atoms with E-state index in [9.17, 15) is 14.0 Å². The largest absolute Gasteiger partial charge is 0.370 e. The number of piperazine rings is 1. The molecule has 2 amide bonds. The second-order valence-electron chi connectivity index (χ2n) is 7.47. The molecule has 0 atom stereocenters. The molecule has 178 valence electrons. The second-order valence-corrected chi connectivity index (χ2v) is 7.88. The average Bonchev–Trinajstić information content (AvgIpc) is 2.77. The van der Waals surface area contributed by atoms with Gasteiger partial charge in [0.2, 0.25) is 5.95 Å². The fraction of sp³-hybridized carbons (Fsp3) is 0.400. The summed E-state index contributed by atoms with van der Waals surface area (Å²) in [4.78, 5) is 39.5. The molecular weight excluding hydrogens is 453 g/mol. The summed E-state index contributed by atoms with van der Waals surface area (Å²) < 4.78 is 13.9. The zero-order chi connectivity index (χ0) is 23.8. The van der Waals surface area contributed by atoms with Crippen molar-refractivity contribution < 1.29 is 9.18 Å². The maximum absolute atomic E-state index is 13.9. The minimum Gasteiger partial charge on any atom is -0.370 e. The molecule has 0 spiro atoms. The molecule has 0 bridgehead atoms. The lowest BCUT2D eigenvalue weighted by atomic mass is 10.2. The van der Waals surface area contributed by atoms with Crippen LogP contribution in [0.3, 0.4) is 0 Å². The van der Waals surface area contributed by atoms with Crippen LogP contribution in [0.4, 0.5) is 26.5 Å². The van der Waals surface area contributed by atoms with Crippen LogP contribution < -0.4 is 32.6 Å². The Morgan fingerprint density at radius 3 is 2.67 bits per heavy atom. The van der Waals surface area contributed by atoms with Gasteiger partial charge in [0.05, 0.1) is 16.9 Å². The molecule has 1 aliphatic rings. The Kier molecular flexibility index (Phi) is 8.44. The molecule has 0 unspecified atom stereocenters. The van der Waals surface area contributed by atoms with Crippen molar-refractivity contribution in [3.63, 3.8) is 0 Å². The summed E-state index contributed by atoms with van der Waals surface area (Å²) in [6.45, 7) is 4.55. The van der Waals surface area contributed by atoms with Crippen LogP contribution in [0.1, 0.15) is 12.8 Å². The van der Waals surface area contributed by atoms with E-state index in [4.69, 9.17) is 23.1 Å². The first-order chi connectivity index (χ1) is 15.8. The van der Waals surface area contributed by atoms with Gasteiger partial charge in [-0.2, -0.15) is 0 Å². The predicted molar refractivity (Wildman–Crippen MR) is 127 cm³/mol. The lowest BCUT2D eigenvalue weighted by Crippen LogP contribution is -2.48. The summed E-state index contributed by atoms with van der Waals surface area (Å²) >= 11 is 5.70. The Bertz CT molecular complexity index is 1050. The zero-order valence-corrected chi connectivity index (χ0v) is 18.7. The summed E-state index contributed by atoms with van der Waals surface area (Å²) in [5, 5.41) is 4.59. The van der Waals surface area contributed by atoms with Crippen molar-refractivity contribution in [2.75, 3.05) is 54.8 Å². The van der Waals surface area contributed by atoms with Crippen LogP contribution in [0.5, 0.6) is 0 Å². The van der Waals surface area contributed by atoms with Gasteiger partial charge in [0.15, 0.2) is 11.8 Å². The fourth-order valence-corrected chi connectivity index (χ4v) is 3.58. The molecule has 33 heavy (non-hydrogen) atoms. The number of carbonyl (C=O) groups excluding carboxylic acids is 1. The number of aliphatic imine (C=N–C) groups is 1. The van der Waals surface area contributed by atoms with Crippen LogP contribution in [-0.4, -0.2) is 66.1 Å². The standard InChI is InChI=1S/C20H27ClFN9O2/c21-13-4-3-5-14(16(13)22)27-20(33)29-19-26-12-15(17(32)28-19)31-10-8-30(9-11-31)7-2-1-6-25-18(23)24/h3-5,12H,1-2,6-11H2,(H4,23,24,25)(H3,26,27,28,29,32,33). The minimum absolute atomic E-state index is 0.0527. The van der Waals surface area contributed by atoms with Crippen molar-refractivity contribution in [3.8, 4) is 0 Å². The Morgan fingerprint density at radius 2 is 1.97 bits per heavy atom. The Morgan fingerprint density at radius 1 is 1.21 bits per heavy atom. The lowest BCUT2D eigenvalue weighted by Gasteiger charge is -2.35. The van der Waals surface area contributed by atoms with E-state index in [1.807, 2.05) is 4.90 Å². The smallest absolute Gasteiger partial charge is 0.326 e. The third-order valence-electron chi connectivity index (χ3n) is 5.10. The second kappa shape index (κ2) is 11.5. The number of guanidine groups is 1.